The number of hydrogen-bond donors (Lipinski definition) is 0. The van der Waals surface area contributed by atoms with Crippen LogP contribution in [0.4, 0.5) is 10.1 Å². The SMILES string of the molecule is COc1c(-c2cncc(F)c2)ccc2c1CC(=O)N2C. The summed E-state index contributed by atoms with van der Waals surface area (Å²) in [5.41, 5.74) is 3.04. The van der Waals surface area contributed by atoms with Crippen molar-refractivity contribution in [2.45, 2.75) is 6.42 Å². The van der Waals surface area contributed by atoms with Crippen LogP contribution >= 0.6 is 0 Å². The Balaban J connectivity index is 2.20. The highest BCUT2D eigenvalue weighted by Crippen LogP contribution is 2.41. The van der Waals surface area contributed by atoms with E-state index in [2.05, 4.69) is 4.98 Å². The van der Waals surface area contributed by atoms with E-state index in [9.17, 15) is 9.18 Å². The Hall–Kier alpha value is -2.43. The van der Waals surface area contributed by atoms with Gasteiger partial charge in [-0.25, -0.2) is 4.39 Å². The quantitative estimate of drug-likeness (QED) is 0.843. The molecule has 1 aromatic heterocycles. The molecular formula is C15H13FN2O2. The summed E-state index contributed by atoms with van der Waals surface area (Å²) in [6.45, 7) is 0. The van der Waals surface area contributed by atoms with Gasteiger partial charge in [0.1, 0.15) is 11.6 Å². The topological polar surface area (TPSA) is 42.4 Å². The molecule has 1 aliphatic heterocycles. The fourth-order valence-electron chi connectivity index (χ4n) is 2.53. The molecule has 0 unspecified atom stereocenters. The van der Waals surface area contributed by atoms with Crippen LogP contribution in [-0.2, 0) is 11.2 Å². The van der Waals surface area contributed by atoms with E-state index in [0.717, 1.165) is 23.0 Å². The number of halogens is 1. The van der Waals surface area contributed by atoms with Crippen molar-refractivity contribution in [3.05, 3.63) is 42.0 Å². The number of methoxy groups -OCH3 is 1. The number of ether oxygens (including phenoxy) is 1. The number of anilines is 1. The van der Waals surface area contributed by atoms with Gasteiger partial charge in [0.2, 0.25) is 5.91 Å². The third-order valence-corrected chi connectivity index (χ3v) is 3.52. The van der Waals surface area contributed by atoms with Gasteiger partial charge in [0, 0.05) is 29.9 Å². The predicted molar refractivity (Wildman–Crippen MR) is 73.3 cm³/mol. The molecule has 0 spiro atoms. The maximum Gasteiger partial charge on any atom is 0.231 e. The molecule has 102 valence electrons. The van der Waals surface area contributed by atoms with Gasteiger partial charge in [0.25, 0.3) is 0 Å². The molecule has 0 aliphatic carbocycles. The highest BCUT2D eigenvalue weighted by atomic mass is 19.1. The molecule has 4 nitrogen and oxygen atoms in total. The number of fused-ring (bicyclic) bond motifs is 1. The summed E-state index contributed by atoms with van der Waals surface area (Å²) in [6, 6.07) is 5.07. The zero-order chi connectivity index (χ0) is 14.3. The molecule has 1 amide bonds. The van der Waals surface area contributed by atoms with E-state index in [-0.39, 0.29) is 5.91 Å². The summed E-state index contributed by atoms with van der Waals surface area (Å²) in [5, 5.41) is 0. The van der Waals surface area contributed by atoms with Crippen LogP contribution in [-0.4, -0.2) is 25.0 Å². The summed E-state index contributed by atoms with van der Waals surface area (Å²) in [5.74, 6) is 0.221. The van der Waals surface area contributed by atoms with Crippen molar-refractivity contribution in [3.8, 4) is 16.9 Å². The van der Waals surface area contributed by atoms with Crippen molar-refractivity contribution in [2.75, 3.05) is 19.1 Å². The van der Waals surface area contributed by atoms with Crippen LogP contribution in [0.15, 0.2) is 30.6 Å². The van der Waals surface area contributed by atoms with Gasteiger partial charge in [0.15, 0.2) is 0 Å². The van der Waals surface area contributed by atoms with E-state index in [1.807, 2.05) is 12.1 Å². The highest BCUT2D eigenvalue weighted by molar-refractivity contribution is 6.03. The lowest BCUT2D eigenvalue weighted by atomic mass is 10.0. The molecule has 20 heavy (non-hydrogen) atoms. The van der Waals surface area contributed by atoms with Crippen molar-refractivity contribution in [3.63, 3.8) is 0 Å². The fourth-order valence-corrected chi connectivity index (χ4v) is 2.53. The zero-order valence-corrected chi connectivity index (χ0v) is 11.2. The van der Waals surface area contributed by atoms with Gasteiger partial charge in [0.05, 0.1) is 25.4 Å². The van der Waals surface area contributed by atoms with Crippen molar-refractivity contribution in [1.29, 1.82) is 0 Å². The lowest BCUT2D eigenvalue weighted by Crippen LogP contribution is -2.20. The second-order valence-corrected chi connectivity index (χ2v) is 4.67. The second-order valence-electron chi connectivity index (χ2n) is 4.67. The lowest BCUT2D eigenvalue weighted by molar-refractivity contribution is -0.117. The van der Waals surface area contributed by atoms with E-state index >= 15 is 0 Å². The van der Waals surface area contributed by atoms with Crippen LogP contribution in [0.2, 0.25) is 0 Å². The Morgan fingerprint density at radius 2 is 2.15 bits per heavy atom. The number of benzene rings is 1. The Morgan fingerprint density at radius 3 is 2.85 bits per heavy atom. The van der Waals surface area contributed by atoms with E-state index in [0.29, 0.717) is 17.7 Å². The number of amides is 1. The molecule has 1 aromatic carbocycles. The van der Waals surface area contributed by atoms with Gasteiger partial charge < -0.3 is 9.64 Å². The predicted octanol–water partition coefficient (Wildman–Crippen LogP) is 2.42. The van der Waals surface area contributed by atoms with Crippen LogP contribution in [0.3, 0.4) is 0 Å². The molecule has 0 saturated heterocycles. The Bertz CT molecular complexity index is 700. The second kappa shape index (κ2) is 4.59. The minimum absolute atomic E-state index is 0.0211. The number of aromatic nitrogens is 1. The largest absolute Gasteiger partial charge is 0.496 e. The van der Waals surface area contributed by atoms with Crippen LogP contribution in [0.1, 0.15) is 5.56 Å². The van der Waals surface area contributed by atoms with Crippen LogP contribution in [0.25, 0.3) is 11.1 Å². The first-order chi connectivity index (χ1) is 9.61. The summed E-state index contributed by atoms with van der Waals surface area (Å²) in [6.07, 6.45) is 3.03. The fraction of sp³-hybridized carbons (Fsp3) is 0.200. The number of pyridine rings is 1. The van der Waals surface area contributed by atoms with Crippen molar-refractivity contribution in [1.82, 2.24) is 4.98 Å². The molecule has 0 bridgehead atoms. The first-order valence-corrected chi connectivity index (χ1v) is 6.19. The van der Waals surface area contributed by atoms with Crippen LogP contribution < -0.4 is 9.64 Å². The van der Waals surface area contributed by atoms with Crippen LogP contribution in [0, 0.1) is 5.82 Å². The molecule has 0 radical (unpaired) electrons. The third kappa shape index (κ3) is 1.82. The van der Waals surface area contributed by atoms with Gasteiger partial charge in [-0.05, 0) is 18.2 Å². The molecule has 5 heteroatoms. The normalized spacial score (nSPS) is 13.6. The highest BCUT2D eigenvalue weighted by Gasteiger charge is 2.28. The molecule has 0 saturated carbocycles. The van der Waals surface area contributed by atoms with Gasteiger partial charge in [-0.1, -0.05) is 0 Å². The maximum atomic E-state index is 13.3. The summed E-state index contributed by atoms with van der Waals surface area (Å²) in [7, 11) is 3.28. The Labute approximate surface area is 115 Å². The van der Waals surface area contributed by atoms with Crippen molar-refractivity contribution in [2.24, 2.45) is 0 Å². The monoisotopic (exact) mass is 272 g/mol. The minimum atomic E-state index is -0.404. The first-order valence-electron chi connectivity index (χ1n) is 6.19. The zero-order valence-electron chi connectivity index (χ0n) is 11.2. The average Bonchev–Trinajstić information content (AvgIpc) is 2.73. The first kappa shape index (κ1) is 12.6. The number of carbonyl (C=O) groups is 1. The Kier molecular flexibility index (Phi) is 2.89. The molecule has 0 fully saturated rings. The van der Waals surface area contributed by atoms with E-state index < -0.39 is 5.82 Å². The van der Waals surface area contributed by atoms with Crippen molar-refractivity contribution >= 4 is 11.6 Å². The molecule has 2 aromatic rings. The number of carbonyl (C=O) groups excluding carboxylic acids is 1. The van der Waals surface area contributed by atoms with E-state index in [4.69, 9.17) is 4.74 Å². The van der Waals surface area contributed by atoms with E-state index in [1.165, 1.54) is 6.07 Å². The standard InChI is InChI=1S/C15H13FN2O2/c1-18-13-4-3-11(9-5-10(16)8-17-7-9)15(20-2)12(13)6-14(18)19/h3-5,7-8H,6H2,1-2H3. The molecule has 0 N–H and O–H groups in total. The number of nitrogens with zero attached hydrogens (tertiary/aromatic N) is 2. The molecule has 3 rings (SSSR count). The average molecular weight is 272 g/mol. The molecule has 0 atom stereocenters. The van der Waals surface area contributed by atoms with Gasteiger partial charge in [-0.3, -0.25) is 9.78 Å². The number of hydrogen-bond acceptors (Lipinski definition) is 3. The molecule has 2 heterocycles. The number of likely N-dealkylation sites (N-methyl/N-ethyl adjacent to an activating group) is 1. The lowest BCUT2D eigenvalue weighted by Gasteiger charge is -2.15. The smallest absolute Gasteiger partial charge is 0.231 e. The Morgan fingerprint density at radius 1 is 1.35 bits per heavy atom. The molecular weight excluding hydrogens is 259 g/mol. The van der Waals surface area contributed by atoms with Gasteiger partial charge in [-0.2, -0.15) is 0 Å². The van der Waals surface area contributed by atoms with E-state index in [1.54, 1.807) is 25.3 Å². The number of rotatable bonds is 2. The van der Waals surface area contributed by atoms with Gasteiger partial charge >= 0.3 is 0 Å². The maximum absolute atomic E-state index is 13.3. The molecule has 1 aliphatic rings. The third-order valence-electron chi connectivity index (χ3n) is 3.52. The van der Waals surface area contributed by atoms with Gasteiger partial charge in [-0.15, -0.1) is 0 Å². The van der Waals surface area contributed by atoms with Crippen molar-refractivity contribution < 1.29 is 13.9 Å². The minimum Gasteiger partial charge on any atom is -0.496 e. The summed E-state index contributed by atoms with van der Waals surface area (Å²) < 4.78 is 18.8. The van der Waals surface area contributed by atoms with Crippen LogP contribution in [0.5, 0.6) is 5.75 Å². The summed E-state index contributed by atoms with van der Waals surface area (Å²) in [4.78, 5) is 17.3. The summed E-state index contributed by atoms with van der Waals surface area (Å²) >= 11 is 0.